The first-order valence-corrected chi connectivity index (χ1v) is 7.71. The van der Waals surface area contributed by atoms with Gasteiger partial charge >= 0.3 is 0 Å². The summed E-state index contributed by atoms with van der Waals surface area (Å²) >= 11 is 0. The molecule has 2 rings (SSSR count). The van der Waals surface area contributed by atoms with E-state index in [-0.39, 0.29) is 12.4 Å². The van der Waals surface area contributed by atoms with Crippen molar-refractivity contribution in [3.63, 3.8) is 0 Å². The van der Waals surface area contributed by atoms with Crippen LogP contribution in [0.15, 0.2) is 23.5 Å². The van der Waals surface area contributed by atoms with Gasteiger partial charge in [0.1, 0.15) is 0 Å². The van der Waals surface area contributed by atoms with Gasteiger partial charge in [0.25, 0.3) is 0 Å². The maximum atomic E-state index is 11.9. The summed E-state index contributed by atoms with van der Waals surface area (Å²) in [7, 11) is 0. The molecule has 6 nitrogen and oxygen atoms in total. The fourth-order valence-corrected chi connectivity index (χ4v) is 2.86. The lowest BCUT2D eigenvalue weighted by molar-refractivity contribution is 0.128. The number of likely N-dealkylation sites (N-methyl/N-ethyl adjacent to an activating group) is 1. The molecule has 0 aliphatic carbocycles. The molecule has 0 amide bonds. The monoisotopic (exact) mass is 307 g/mol. The molecule has 2 N–H and O–H groups in total. The summed E-state index contributed by atoms with van der Waals surface area (Å²) in [6, 6.07) is 1.29. The molecule has 0 aromatic carbocycles. The van der Waals surface area contributed by atoms with Crippen LogP contribution in [0, 0.1) is 0 Å². The number of hydrogen-bond acceptors (Lipinski definition) is 5. The van der Waals surface area contributed by atoms with Gasteiger partial charge in [-0.2, -0.15) is 0 Å². The van der Waals surface area contributed by atoms with Gasteiger partial charge in [-0.05, 0) is 6.54 Å². The Bertz CT molecular complexity index is 575. The van der Waals surface area contributed by atoms with Gasteiger partial charge < -0.3 is 19.7 Å². The number of aliphatic hydroxyl groups excluding tert-OH is 1. The molecule has 1 aromatic rings. The number of aliphatic hydroxyl groups is 1. The summed E-state index contributed by atoms with van der Waals surface area (Å²) in [5.41, 5.74) is 0.623. The number of piperazine rings is 1. The molecule has 22 heavy (non-hydrogen) atoms. The van der Waals surface area contributed by atoms with Gasteiger partial charge in [-0.15, -0.1) is 6.58 Å². The van der Waals surface area contributed by atoms with Crippen LogP contribution in [0.25, 0.3) is 0 Å². The van der Waals surface area contributed by atoms with Crippen LogP contribution in [0.5, 0.6) is 5.75 Å². The second kappa shape index (κ2) is 7.58. The highest BCUT2D eigenvalue weighted by molar-refractivity contribution is 5.30. The molecule has 0 bridgehead atoms. The Hall–Kier alpha value is -1.63. The summed E-state index contributed by atoms with van der Waals surface area (Å²) in [6.07, 6.45) is 1.70. The van der Waals surface area contributed by atoms with Crippen LogP contribution in [0.3, 0.4) is 0 Å². The number of aromatic nitrogens is 1. The minimum atomic E-state index is -0.438. The number of hydrogen-bond donors (Lipinski definition) is 2. The molecular weight excluding hydrogens is 282 g/mol. The molecule has 0 radical (unpaired) electrons. The molecule has 0 atom stereocenters. The normalized spacial score (nSPS) is 16.8. The third-order valence-electron chi connectivity index (χ3n) is 4.24. The summed E-state index contributed by atoms with van der Waals surface area (Å²) in [4.78, 5) is 16.5. The van der Waals surface area contributed by atoms with Crippen molar-refractivity contribution in [2.75, 3.05) is 32.7 Å². The molecule has 0 unspecified atom stereocenters. The summed E-state index contributed by atoms with van der Waals surface area (Å²) in [5, 5.41) is 19.6. The Kier molecular flexibility index (Phi) is 5.76. The molecule has 1 saturated heterocycles. The summed E-state index contributed by atoms with van der Waals surface area (Å²) in [5.74, 6) is -0.225. The van der Waals surface area contributed by atoms with Crippen molar-refractivity contribution < 1.29 is 10.2 Å². The van der Waals surface area contributed by atoms with E-state index < -0.39 is 5.43 Å². The first-order chi connectivity index (χ1) is 10.6. The third kappa shape index (κ3) is 3.58. The Morgan fingerprint density at radius 1 is 1.27 bits per heavy atom. The van der Waals surface area contributed by atoms with Gasteiger partial charge in [0.05, 0.1) is 12.3 Å². The van der Waals surface area contributed by atoms with Crippen LogP contribution in [0.2, 0.25) is 0 Å². The average molecular weight is 307 g/mol. The molecule has 1 aliphatic rings. The summed E-state index contributed by atoms with van der Waals surface area (Å²) in [6.45, 7) is 11.4. The van der Waals surface area contributed by atoms with E-state index in [9.17, 15) is 15.0 Å². The van der Waals surface area contributed by atoms with Gasteiger partial charge in [-0.1, -0.05) is 13.0 Å². The van der Waals surface area contributed by atoms with Gasteiger partial charge in [0, 0.05) is 51.0 Å². The van der Waals surface area contributed by atoms with Crippen LogP contribution < -0.4 is 5.43 Å². The molecule has 0 saturated carbocycles. The molecule has 2 heterocycles. The zero-order valence-corrected chi connectivity index (χ0v) is 13.2. The predicted octanol–water partition coefficient (Wildman–Crippen LogP) is 0.370. The van der Waals surface area contributed by atoms with E-state index in [1.165, 1.54) is 6.07 Å². The number of pyridine rings is 1. The maximum Gasteiger partial charge on any atom is 0.223 e. The van der Waals surface area contributed by atoms with Crippen molar-refractivity contribution in [1.29, 1.82) is 0 Å². The topological polar surface area (TPSA) is 68.9 Å². The largest absolute Gasteiger partial charge is 0.503 e. The standard InChI is InChI=1S/C16H25N3O3/c1-3-5-19-13(12-20)10-15(21)16(22)14(19)11-18-8-6-17(4-2)7-9-18/h3,10,20,22H,1,4-9,11-12H2,2H3. The second-order valence-electron chi connectivity index (χ2n) is 5.56. The zero-order chi connectivity index (χ0) is 16.1. The summed E-state index contributed by atoms with van der Waals surface area (Å²) < 4.78 is 1.77. The zero-order valence-electron chi connectivity index (χ0n) is 13.2. The Labute approximate surface area is 130 Å². The highest BCUT2D eigenvalue weighted by Crippen LogP contribution is 2.18. The lowest BCUT2D eigenvalue weighted by atomic mass is 10.2. The van der Waals surface area contributed by atoms with E-state index in [1.54, 1.807) is 10.6 Å². The van der Waals surface area contributed by atoms with Crippen LogP contribution in [0.1, 0.15) is 18.3 Å². The maximum absolute atomic E-state index is 11.9. The van der Waals surface area contributed by atoms with Crippen LogP contribution >= 0.6 is 0 Å². The van der Waals surface area contributed by atoms with Crippen molar-refractivity contribution in [1.82, 2.24) is 14.4 Å². The van der Waals surface area contributed by atoms with Crippen molar-refractivity contribution in [3.8, 4) is 5.75 Å². The molecule has 1 aliphatic heterocycles. The SMILES string of the molecule is C=CCn1c(CO)cc(=O)c(O)c1CN1CCN(CC)CC1. The predicted molar refractivity (Wildman–Crippen MR) is 85.9 cm³/mol. The van der Waals surface area contributed by atoms with Gasteiger partial charge in [-0.3, -0.25) is 9.69 Å². The Morgan fingerprint density at radius 3 is 2.45 bits per heavy atom. The highest BCUT2D eigenvalue weighted by atomic mass is 16.3. The number of aromatic hydroxyl groups is 1. The van der Waals surface area contributed by atoms with Crippen LogP contribution in [-0.2, 0) is 19.7 Å². The lowest BCUT2D eigenvalue weighted by Crippen LogP contribution is -2.46. The van der Waals surface area contributed by atoms with Gasteiger partial charge in [0.15, 0.2) is 5.75 Å². The molecular formula is C16H25N3O3. The Morgan fingerprint density at radius 2 is 1.91 bits per heavy atom. The van der Waals surface area contributed by atoms with E-state index in [2.05, 4.69) is 23.3 Å². The van der Waals surface area contributed by atoms with Crippen LogP contribution in [0.4, 0.5) is 0 Å². The van der Waals surface area contributed by atoms with Crippen molar-refractivity contribution in [2.24, 2.45) is 0 Å². The molecule has 1 aromatic heterocycles. The smallest absolute Gasteiger partial charge is 0.223 e. The lowest BCUT2D eigenvalue weighted by Gasteiger charge is -2.34. The first kappa shape index (κ1) is 16.7. The fraction of sp³-hybridized carbons (Fsp3) is 0.562. The quantitative estimate of drug-likeness (QED) is 0.743. The van der Waals surface area contributed by atoms with Gasteiger partial charge in [0.2, 0.25) is 5.43 Å². The minimum Gasteiger partial charge on any atom is -0.503 e. The minimum absolute atomic E-state index is 0.225. The Balaban J connectivity index is 2.27. The van der Waals surface area contributed by atoms with Crippen LogP contribution in [-0.4, -0.2) is 57.3 Å². The van der Waals surface area contributed by atoms with Crippen molar-refractivity contribution in [3.05, 3.63) is 40.3 Å². The average Bonchev–Trinajstić information content (AvgIpc) is 2.54. The number of allylic oxidation sites excluding steroid dienone is 1. The van der Waals surface area contributed by atoms with E-state index in [0.29, 0.717) is 24.5 Å². The molecule has 122 valence electrons. The molecule has 1 fully saturated rings. The van der Waals surface area contributed by atoms with Crippen molar-refractivity contribution >= 4 is 0 Å². The van der Waals surface area contributed by atoms with Gasteiger partial charge in [-0.25, -0.2) is 0 Å². The molecule has 0 spiro atoms. The van der Waals surface area contributed by atoms with E-state index >= 15 is 0 Å². The van der Waals surface area contributed by atoms with E-state index in [4.69, 9.17) is 0 Å². The highest BCUT2D eigenvalue weighted by Gasteiger charge is 2.20. The third-order valence-corrected chi connectivity index (χ3v) is 4.24. The number of rotatable bonds is 6. The van der Waals surface area contributed by atoms with E-state index in [1.807, 2.05) is 0 Å². The van der Waals surface area contributed by atoms with E-state index in [0.717, 1.165) is 32.7 Å². The van der Waals surface area contributed by atoms with Crippen molar-refractivity contribution in [2.45, 2.75) is 26.6 Å². The first-order valence-electron chi connectivity index (χ1n) is 7.71. The second-order valence-corrected chi connectivity index (χ2v) is 5.56. The fourth-order valence-electron chi connectivity index (χ4n) is 2.86. The number of nitrogens with zero attached hydrogens (tertiary/aromatic N) is 3. The molecule has 6 heteroatoms.